The zero-order valence-corrected chi connectivity index (χ0v) is 5.26. The Morgan fingerprint density at radius 1 is 1.89 bits per heavy atom. The van der Waals surface area contributed by atoms with E-state index in [0.717, 1.165) is 0 Å². The van der Waals surface area contributed by atoms with Crippen molar-refractivity contribution < 1.29 is 13.9 Å². The number of nitrogens with two attached hydrogens (primary N) is 1. The molecular formula is C5H10FNO2. The smallest absolute Gasteiger partial charge is 0.342 e. The number of carbonyl (C=O) groups excluding carboxylic acids is 1. The number of alkyl halides is 1. The summed E-state index contributed by atoms with van der Waals surface area (Å²) < 4.78 is 16.4. The van der Waals surface area contributed by atoms with E-state index in [9.17, 15) is 9.18 Å². The van der Waals surface area contributed by atoms with E-state index in [4.69, 9.17) is 5.73 Å². The van der Waals surface area contributed by atoms with Crippen LogP contribution in [0.3, 0.4) is 0 Å². The number of rotatable bonds is 3. The minimum atomic E-state index is -1.66. The quantitative estimate of drug-likeness (QED) is 0.547. The molecule has 0 radical (unpaired) electrons. The topological polar surface area (TPSA) is 52.3 Å². The fourth-order valence-electron chi connectivity index (χ4n) is 0.329. The normalized spacial score (nSPS) is 12.8. The molecule has 0 fully saturated rings. The number of esters is 1. The molecular weight excluding hydrogens is 125 g/mol. The van der Waals surface area contributed by atoms with Gasteiger partial charge in [0.05, 0.1) is 6.61 Å². The predicted octanol–water partition coefficient (Wildman–Crippen LogP) is -0.154. The lowest BCUT2D eigenvalue weighted by Crippen LogP contribution is -2.26. The molecule has 0 aliphatic rings. The SMILES string of the molecule is CCOC(=O)[C@@H](F)CN. The first-order chi connectivity index (χ1) is 4.22. The van der Waals surface area contributed by atoms with Crippen LogP contribution in [0, 0.1) is 0 Å². The van der Waals surface area contributed by atoms with Crippen LogP contribution in [0.25, 0.3) is 0 Å². The Balaban J connectivity index is 3.46. The van der Waals surface area contributed by atoms with Gasteiger partial charge in [-0.2, -0.15) is 0 Å². The summed E-state index contributed by atoms with van der Waals surface area (Å²) in [5.74, 6) is -0.875. The van der Waals surface area contributed by atoms with E-state index in [-0.39, 0.29) is 13.2 Å². The van der Waals surface area contributed by atoms with Crippen molar-refractivity contribution in [3.05, 3.63) is 0 Å². The van der Waals surface area contributed by atoms with Gasteiger partial charge in [-0.15, -0.1) is 0 Å². The van der Waals surface area contributed by atoms with Gasteiger partial charge in [-0.25, -0.2) is 9.18 Å². The van der Waals surface area contributed by atoms with Crippen LogP contribution >= 0.6 is 0 Å². The Morgan fingerprint density at radius 3 is 2.78 bits per heavy atom. The van der Waals surface area contributed by atoms with Gasteiger partial charge in [-0.1, -0.05) is 0 Å². The van der Waals surface area contributed by atoms with Crippen LogP contribution in [0.1, 0.15) is 6.92 Å². The number of carbonyl (C=O) groups is 1. The Bertz CT molecular complexity index is 97.0. The Hall–Kier alpha value is -0.640. The molecule has 0 heterocycles. The van der Waals surface area contributed by atoms with E-state index in [1.165, 1.54) is 0 Å². The van der Waals surface area contributed by atoms with Crippen molar-refractivity contribution in [1.82, 2.24) is 0 Å². The highest BCUT2D eigenvalue weighted by Crippen LogP contribution is 1.90. The van der Waals surface area contributed by atoms with E-state index in [0.29, 0.717) is 0 Å². The summed E-state index contributed by atoms with van der Waals surface area (Å²) in [6, 6.07) is 0. The molecule has 0 rings (SSSR count). The van der Waals surface area contributed by atoms with Gasteiger partial charge in [-0.05, 0) is 6.92 Å². The van der Waals surface area contributed by atoms with Crippen molar-refractivity contribution in [2.75, 3.05) is 13.2 Å². The molecule has 0 bridgehead atoms. The molecule has 4 heteroatoms. The summed E-state index contributed by atoms with van der Waals surface area (Å²) in [5, 5.41) is 0. The monoisotopic (exact) mass is 135 g/mol. The van der Waals surface area contributed by atoms with Gasteiger partial charge < -0.3 is 10.5 Å². The highest BCUT2D eigenvalue weighted by atomic mass is 19.1. The molecule has 2 N–H and O–H groups in total. The fraction of sp³-hybridized carbons (Fsp3) is 0.800. The van der Waals surface area contributed by atoms with Gasteiger partial charge in [0.2, 0.25) is 6.17 Å². The molecule has 0 spiro atoms. The standard InChI is InChI=1S/C5H10FNO2/c1-2-9-5(8)4(6)3-7/h4H,2-3,7H2,1H3/t4-/m0/s1. The molecule has 0 amide bonds. The minimum Gasteiger partial charge on any atom is -0.464 e. The third-order valence-electron chi connectivity index (χ3n) is 0.749. The molecule has 0 aromatic rings. The lowest BCUT2D eigenvalue weighted by atomic mass is 10.4. The van der Waals surface area contributed by atoms with Crippen LogP contribution in [0.4, 0.5) is 4.39 Å². The van der Waals surface area contributed by atoms with Crippen molar-refractivity contribution in [3.63, 3.8) is 0 Å². The van der Waals surface area contributed by atoms with E-state index >= 15 is 0 Å². The van der Waals surface area contributed by atoms with Crippen molar-refractivity contribution in [2.45, 2.75) is 13.1 Å². The maximum absolute atomic E-state index is 12.1. The third-order valence-corrected chi connectivity index (χ3v) is 0.749. The largest absolute Gasteiger partial charge is 0.464 e. The average Bonchev–Trinajstić information content (AvgIpc) is 1.87. The second-order valence-corrected chi connectivity index (χ2v) is 1.46. The summed E-state index contributed by atoms with van der Waals surface area (Å²) in [6.07, 6.45) is -1.66. The lowest BCUT2D eigenvalue weighted by molar-refractivity contribution is -0.148. The first kappa shape index (κ1) is 8.36. The maximum Gasteiger partial charge on any atom is 0.342 e. The predicted molar refractivity (Wildman–Crippen MR) is 30.6 cm³/mol. The molecule has 0 saturated carbocycles. The van der Waals surface area contributed by atoms with Crippen molar-refractivity contribution in [3.8, 4) is 0 Å². The van der Waals surface area contributed by atoms with Gasteiger partial charge >= 0.3 is 5.97 Å². The highest BCUT2D eigenvalue weighted by Gasteiger charge is 2.14. The second kappa shape index (κ2) is 4.26. The summed E-state index contributed by atoms with van der Waals surface area (Å²) >= 11 is 0. The van der Waals surface area contributed by atoms with Gasteiger partial charge in [0.15, 0.2) is 0 Å². The molecule has 0 aliphatic carbocycles. The Labute approximate surface area is 53.0 Å². The number of halogens is 1. The van der Waals surface area contributed by atoms with Crippen LogP contribution in [0.2, 0.25) is 0 Å². The Kier molecular flexibility index (Phi) is 3.96. The zero-order valence-electron chi connectivity index (χ0n) is 5.26. The Morgan fingerprint density at radius 2 is 2.44 bits per heavy atom. The van der Waals surface area contributed by atoms with Gasteiger partial charge in [0, 0.05) is 6.54 Å². The van der Waals surface area contributed by atoms with Crippen LogP contribution in [-0.2, 0) is 9.53 Å². The minimum absolute atomic E-state index is 0.194. The van der Waals surface area contributed by atoms with Crippen LogP contribution in [0.15, 0.2) is 0 Å². The molecule has 54 valence electrons. The fourth-order valence-corrected chi connectivity index (χ4v) is 0.329. The molecule has 0 saturated heterocycles. The molecule has 3 nitrogen and oxygen atoms in total. The van der Waals surface area contributed by atoms with E-state index in [2.05, 4.69) is 4.74 Å². The second-order valence-electron chi connectivity index (χ2n) is 1.46. The number of hydrogen-bond donors (Lipinski definition) is 1. The van der Waals surface area contributed by atoms with Crippen LogP contribution < -0.4 is 5.73 Å². The van der Waals surface area contributed by atoms with E-state index in [1.54, 1.807) is 6.92 Å². The van der Waals surface area contributed by atoms with Crippen molar-refractivity contribution in [1.29, 1.82) is 0 Å². The number of ether oxygens (including phenoxy) is 1. The summed E-state index contributed by atoms with van der Waals surface area (Å²) in [4.78, 5) is 10.3. The zero-order chi connectivity index (χ0) is 7.28. The molecule has 0 aliphatic heterocycles. The summed E-state index contributed by atoms with van der Waals surface area (Å²) in [5.41, 5.74) is 4.83. The average molecular weight is 135 g/mol. The van der Waals surface area contributed by atoms with Gasteiger partial charge in [0.1, 0.15) is 0 Å². The van der Waals surface area contributed by atoms with Crippen molar-refractivity contribution in [2.24, 2.45) is 5.73 Å². The third kappa shape index (κ3) is 3.03. The first-order valence-electron chi connectivity index (χ1n) is 2.73. The van der Waals surface area contributed by atoms with Gasteiger partial charge in [-0.3, -0.25) is 0 Å². The summed E-state index contributed by atoms with van der Waals surface area (Å²) in [7, 11) is 0. The van der Waals surface area contributed by atoms with Crippen molar-refractivity contribution >= 4 is 5.97 Å². The van der Waals surface area contributed by atoms with Crippen LogP contribution in [-0.4, -0.2) is 25.3 Å². The molecule has 0 aromatic heterocycles. The van der Waals surface area contributed by atoms with Gasteiger partial charge in [0.25, 0.3) is 0 Å². The van der Waals surface area contributed by atoms with E-state index < -0.39 is 12.1 Å². The maximum atomic E-state index is 12.1. The summed E-state index contributed by atoms with van der Waals surface area (Å²) in [6.45, 7) is 1.50. The van der Waals surface area contributed by atoms with Crippen LogP contribution in [0.5, 0.6) is 0 Å². The molecule has 0 unspecified atom stereocenters. The highest BCUT2D eigenvalue weighted by molar-refractivity contribution is 5.74. The molecule has 1 atom stereocenters. The molecule has 9 heavy (non-hydrogen) atoms. The lowest BCUT2D eigenvalue weighted by Gasteiger charge is -2.02. The van der Waals surface area contributed by atoms with E-state index in [1.807, 2.05) is 0 Å². The first-order valence-corrected chi connectivity index (χ1v) is 2.73. The molecule has 0 aromatic carbocycles. The number of hydrogen-bond acceptors (Lipinski definition) is 3.